The molecule has 3 rings (SSSR count). The summed E-state index contributed by atoms with van der Waals surface area (Å²) in [5.41, 5.74) is 3.83. The number of hydroxylamine groups is 1. The quantitative estimate of drug-likeness (QED) is 0.341. The molecule has 0 fully saturated rings. The highest BCUT2D eigenvalue weighted by molar-refractivity contribution is 5.98. The summed E-state index contributed by atoms with van der Waals surface area (Å²) < 4.78 is 23.4. The average Bonchev–Trinajstić information content (AvgIpc) is 3.03. The van der Waals surface area contributed by atoms with Crippen molar-refractivity contribution in [1.29, 1.82) is 0 Å². The third-order valence-electron chi connectivity index (χ3n) is 3.87. The van der Waals surface area contributed by atoms with Gasteiger partial charge in [-0.15, -0.1) is 0 Å². The number of Topliss-reactive ketones (excluding diaryl/α,β-unsaturated/α-hetero) is 1. The molecule has 0 bridgehead atoms. The Labute approximate surface area is 142 Å². The van der Waals surface area contributed by atoms with E-state index in [-0.39, 0.29) is 41.7 Å². The van der Waals surface area contributed by atoms with Crippen LogP contribution < -0.4 is 10.2 Å². The number of carbonyl (C=O) groups excluding carboxylic acids is 1. The number of benzene rings is 1. The number of nitrogens with one attached hydrogen (secondary N) is 1. The van der Waals surface area contributed by atoms with Crippen LogP contribution in [-0.4, -0.2) is 33.7 Å². The highest BCUT2D eigenvalue weighted by Crippen LogP contribution is 2.37. The molecule has 0 aliphatic heterocycles. The fourth-order valence-electron chi connectivity index (χ4n) is 2.57. The van der Waals surface area contributed by atoms with Gasteiger partial charge in [-0.1, -0.05) is 6.07 Å². The lowest BCUT2D eigenvalue weighted by Gasteiger charge is -2.27. The molecule has 0 saturated heterocycles. The summed E-state index contributed by atoms with van der Waals surface area (Å²) in [6.45, 7) is 1.75. The van der Waals surface area contributed by atoms with Gasteiger partial charge in [-0.25, -0.2) is 9.02 Å². The van der Waals surface area contributed by atoms with Gasteiger partial charge in [-0.2, -0.15) is 0 Å². The van der Waals surface area contributed by atoms with E-state index in [1.54, 1.807) is 6.07 Å². The minimum atomic E-state index is -0.338. The molecule has 1 unspecified atom stereocenters. The van der Waals surface area contributed by atoms with Gasteiger partial charge in [0.1, 0.15) is 11.6 Å². The maximum absolute atomic E-state index is 13.3. The Morgan fingerprint density at radius 3 is 3.12 bits per heavy atom. The van der Waals surface area contributed by atoms with Gasteiger partial charge in [0.15, 0.2) is 5.84 Å². The Morgan fingerprint density at radius 2 is 2.36 bits per heavy atom. The van der Waals surface area contributed by atoms with Crippen LogP contribution in [0.3, 0.4) is 0 Å². The smallest absolute Gasteiger partial charge is 0.287 e. The number of aliphatic imine (C=N–C) groups is 1. The molecule has 2 aromatic rings. The van der Waals surface area contributed by atoms with Crippen molar-refractivity contribution in [2.24, 2.45) is 4.99 Å². The highest BCUT2D eigenvalue weighted by atomic mass is 19.1. The summed E-state index contributed by atoms with van der Waals surface area (Å²) in [6.07, 6.45) is 1.54. The fraction of sp³-hybridized carbons (Fsp3) is 0.375. The summed E-state index contributed by atoms with van der Waals surface area (Å²) in [5, 5.41) is 16.7. The maximum Gasteiger partial charge on any atom is 0.287 e. The molecule has 0 amide bonds. The lowest BCUT2D eigenvalue weighted by molar-refractivity contribution is -0.117. The molecule has 0 spiro atoms. The normalized spacial score (nSPS) is 16.1. The monoisotopic (exact) mass is 348 g/mol. The number of ketones is 1. The molecule has 1 heterocycles. The van der Waals surface area contributed by atoms with Crippen molar-refractivity contribution in [1.82, 2.24) is 15.8 Å². The zero-order valence-electron chi connectivity index (χ0n) is 13.5. The molecule has 0 radical (unpaired) electrons. The highest BCUT2D eigenvalue weighted by Gasteiger charge is 2.28. The van der Waals surface area contributed by atoms with Gasteiger partial charge >= 0.3 is 0 Å². The van der Waals surface area contributed by atoms with Crippen LogP contribution in [-0.2, 0) is 11.2 Å². The van der Waals surface area contributed by atoms with Crippen molar-refractivity contribution in [2.45, 2.75) is 32.2 Å². The molecule has 1 aromatic carbocycles. The molecule has 9 heteroatoms. The number of ether oxygens (including phenoxy) is 1. The molecule has 8 nitrogen and oxygen atoms in total. The first kappa shape index (κ1) is 17.0. The minimum Gasteiger partial charge on any atom is -0.474 e. The van der Waals surface area contributed by atoms with E-state index < -0.39 is 0 Å². The number of halogens is 1. The third kappa shape index (κ3) is 3.82. The number of hydrogen-bond acceptors (Lipinski definition) is 7. The van der Waals surface area contributed by atoms with Crippen LogP contribution in [0.5, 0.6) is 5.88 Å². The van der Waals surface area contributed by atoms with Crippen LogP contribution in [0, 0.1) is 5.82 Å². The number of fused-ring (bicyclic) bond motifs is 1. The molecule has 2 N–H and O–H groups in total. The second-order valence-corrected chi connectivity index (χ2v) is 5.72. The minimum absolute atomic E-state index is 0.0164. The van der Waals surface area contributed by atoms with E-state index in [1.165, 1.54) is 19.1 Å². The summed E-state index contributed by atoms with van der Waals surface area (Å²) >= 11 is 0. The average molecular weight is 348 g/mol. The van der Waals surface area contributed by atoms with E-state index in [1.807, 2.05) is 5.48 Å². The van der Waals surface area contributed by atoms with Crippen molar-refractivity contribution in [3.8, 4) is 5.88 Å². The summed E-state index contributed by atoms with van der Waals surface area (Å²) in [7, 11) is 0. The van der Waals surface area contributed by atoms with Crippen LogP contribution in [0.25, 0.3) is 0 Å². The number of carbonyl (C=O) groups is 1. The number of nitrogens with zero attached hydrogens (tertiary/aromatic N) is 3. The first-order chi connectivity index (χ1) is 12.1. The lowest BCUT2D eigenvalue weighted by Crippen LogP contribution is -2.25. The van der Waals surface area contributed by atoms with Crippen molar-refractivity contribution in [3.05, 3.63) is 40.8 Å². The molecular formula is C16H17FN4O4. The van der Waals surface area contributed by atoms with Crippen molar-refractivity contribution in [3.63, 3.8) is 0 Å². The number of rotatable bonds is 7. The second-order valence-electron chi connectivity index (χ2n) is 5.72. The maximum atomic E-state index is 13.3. The van der Waals surface area contributed by atoms with Gasteiger partial charge in [-0.3, -0.25) is 15.7 Å². The predicted octanol–water partition coefficient (Wildman–Crippen LogP) is 1.98. The Kier molecular flexibility index (Phi) is 5.03. The van der Waals surface area contributed by atoms with E-state index in [9.17, 15) is 14.4 Å². The van der Waals surface area contributed by atoms with Gasteiger partial charge in [0, 0.05) is 6.42 Å². The van der Waals surface area contributed by atoms with Gasteiger partial charge in [0.05, 0.1) is 12.6 Å². The Morgan fingerprint density at radius 1 is 1.52 bits per heavy atom. The van der Waals surface area contributed by atoms with E-state index in [0.29, 0.717) is 19.3 Å². The van der Waals surface area contributed by atoms with Gasteiger partial charge < -0.3 is 9.53 Å². The van der Waals surface area contributed by atoms with Gasteiger partial charge in [0.2, 0.25) is 5.69 Å². The number of hydrogen-bond donors (Lipinski definition) is 2. The fourth-order valence-corrected chi connectivity index (χ4v) is 2.57. The van der Waals surface area contributed by atoms with Gasteiger partial charge in [-0.05, 0) is 53.3 Å². The molecule has 25 heavy (non-hydrogen) atoms. The van der Waals surface area contributed by atoms with E-state index in [4.69, 9.17) is 4.74 Å². The lowest BCUT2D eigenvalue weighted by atomic mass is 9.83. The number of aromatic nitrogens is 2. The first-order valence-corrected chi connectivity index (χ1v) is 7.80. The van der Waals surface area contributed by atoms with Crippen molar-refractivity contribution in [2.75, 3.05) is 6.61 Å². The van der Waals surface area contributed by atoms with Crippen LogP contribution in [0.15, 0.2) is 27.8 Å². The molecule has 1 aromatic heterocycles. The van der Waals surface area contributed by atoms with Gasteiger partial charge in [0.25, 0.3) is 5.88 Å². The molecule has 1 atom stereocenters. The molecular weight excluding hydrogens is 331 g/mol. The van der Waals surface area contributed by atoms with Crippen LogP contribution >= 0.6 is 0 Å². The molecule has 132 valence electrons. The Hall–Kier alpha value is -2.81. The second kappa shape index (κ2) is 7.39. The SMILES string of the molecule is CC(=O)CCCOc1nonc1C(=NC1Cc2ccc(F)cc21)NO. The topological polar surface area (TPSA) is 110 Å². The van der Waals surface area contributed by atoms with Crippen molar-refractivity contribution < 1.29 is 23.8 Å². The van der Waals surface area contributed by atoms with Crippen LogP contribution in [0.2, 0.25) is 0 Å². The third-order valence-corrected chi connectivity index (χ3v) is 3.87. The summed E-state index contributed by atoms with van der Waals surface area (Å²) in [4.78, 5) is 15.3. The summed E-state index contributed by atoms with van der Waals surface area (Å²) in [5.74, 6) is -0.197. The zero-order chi connectivity index (χ0) is 17.8. The predicted molar refractivity (Wildman–Crippen MR) is 84.0 cm³/mol. The van der Waals surface area contributed by atoms with Crippen LogP contribution in [0.4, 0.5) is 4.39 Å². The largest absolute Gasteiger partial charge is 0.474 e. The molecule has 1 aliphatic rings. The van der Waals surface area contributed by atoms with E-state index in [2.05, 4.69) is 19.9 Å². The molecule has 1 aliphatic carbocycles. The Balaban J connectivity index is 1.72. The summed E-state index contributed by atoms with van der Waals surface area (Å²) in [6, 6.07) is 4.23. The van der Waals surface area contributed by atoms with Crippen LogP contribution in [0.1, 0.15) is 42.6 Å². The van der Waals surface area contributed by atoms with Crippen molar-refractivity contribution >= 4 is 11.6 Å². The Bertz CT molecular complexity index is 805. The van der Waals surface area contributed by atoms with E-state index >= 15 is 0 Å². The first-order valence-electron chi connectivity index (χ1n) is 7.80. The number of amidine groups is 1. The standard InChI is InChI=1S/C16H17FN4O4/c1-9(22)3-2-6-24-16-14(20-25-21-16)15(19-23)18-13-7-10-4-5-11(17)8-12(10)13/h4-5,8,13,23H,2-3,6-7H2,1H3,(H,18,19). The zero-order valence-corrected chi connectivity index (χ0v) is 13.5. The van der Waals surface area contributed by atoms with E-state index in [0.717, 1.165) is 11.1 Å². The molecule has 0 saturated carbocycles.